The Labute approximate surface area is 267 Å². The van der Waals surface area contributed by atoms with Crippen LogP contribution in [0.5, 0.6) is 5.88 Å². The van der Waals surface area contributed by atoms with E-state index in [0.717, 1.165) is 36.4 Å². The molecule has 1 atom stereocenters. The molecule has 230 valence electrons. The lowest BCUT2D eigenvalue weighted by molar-refractivity contribution is 0.0935. The number of aliphatic imine (C=N–C) groups is 1. The number of nitrogens with zero attached hydrogens (tertiary/aromatic N) is 2. The Morgan fingerprint density at radius 3 is 2.49 bits per heavy atom. The largest absolute Gasteiger partial charge is 0.494 e. The molecule has 45 heavy (non-hydrogen) atoms. The van der Waals surface area contributed by atoms with Gasteiger partial charge >= 0.3 is 0 Å². The third-order valence-corrected chi connectivity index (χ3v) is 8.60. The minimum absolute atomic E-state index is 0.0829. The first kappa shape index (κ1) is 30.6. The van der Waals surface area contributed by atoms with E-state index in [1.165, 1.54) is 31.4 Å². The molecule has 3 N–H and O–H groups in total. The minimum atomic E-state index is -0.367. The number of hydrogen-bond donors (Lipinski definition) is 3. The number of piperidine rings is 1. The highest BCUT2D eigenvalue weighted by atomic mass is 35.5. The summed E-state index contributed by atoms with van der Waals surface area (Å²) in [6.45, 7) is 5.03. The van der Waals surface area contributed by atoms with Gasteiger partial charge in [0.05, 0.1) is 23.0 Å². The van der Waals surface area contributed by atoms with E-state index >= 15 is 0 Å². The van der Waals surface area contributed by atoms with Crippen molar-refractivity contribution in [2.24, 2.45) is 4.99 Å². The van der Waals surface area contributed by atoms with Gasteiger partial charge in [-0.1, -0.05) is 49.2 Å². The summed E-state index contributed by atoms with van der Waals surface area (Å²) in [6, 6.07) is 26.6. The molecule has 1 unspecified atom stereocenters. The fourth-order valence-corrected chi connectivity index (χ4v) is 6.25. The van der Waals surface area contributed by atoms with E-state index in [9.17, 15) is 14.3 Å². The van der Waals surface area contributed by atoms with Crippen LogP contribution in [0.25, 0.3) is 10.9 Å². The molecule has 6 rings (SSSR count). The van der Waals surface area contributed by atoms with Gasteiger partial charge in [-0.05, 0) is 110 Å². The highest BCUT2D eigenvalue weighted by Gasteiger charge is 2.22. The molecule has 0 saturated carbocycles. The van der Waals surface area contributed by atoms with Gasteiger partial charge in [-0.25, -0.2) is 9.38 Å². The fourth-order valence-electron chi connectivity index (χ4n) is 6.05. The summed E-state index contributed by atoms with van der Waals surface area (Å²) in [5.74, 6) is -0.699. The highest BCUT2D eigenvalue weighted by Crippen LogP contribution is 2.33. The molecule has 0 bridgehead atoms. The number of aromatic amines is 1. The standard InChI is InChI=1S/C37H36ClFN4O2/c1-2-32(26-9-7-10-28(38)21-26)41-36(44)27-14-17-33-31(22-27)34(37(45)42-33)35(25-12-15-29(39)16-13-25)40-30-11-6-8-24(20-30)23-43-18-4-3-5-19-43/h6-17,20-22,32,42,45H,2-5,18-19,23H2,1H3,(H,41,44). The van der Waals surface area contributed by atoms with Crippen molar-refractivity contribution in [1.29, 1.82) is 0 Å². The van der Waals surface area contributed by atoms with Crippen molar-refractivity contribution < 1.29 is 14.3 Å². The molecule has 0 aliphatic carbocycles. The van der Waals surface area contributed by atoms with Gasteiger partial charge in [0, 0.05) is 33.6 Å². The lowest BCUT2D eigenvalue weighted by atomic mass is 9.99. The number of rotatable bonds is 9. The van der Waals surface area contributed by atoms with Crippen molar-refractivity contribution in [1.82, 2.24) is 15.2 Å². The minimum Gasteiger partial charge on any atom is -0.494 e. The number of fused-ring (bicyclic) bond motifs is 1. The molecule has 1 fully saturated rings. The summed E-state index contributed by atoms with van der Waals surface area (Å²) in [5, 5.41) is 15.6. The van der Waals surface area contributed by atoms with Crippen LogP contribution in [-0.4, -0.2) is 39.7 Å². The molecule has 0 radical (unpaired) electrons. The fraction of sp³-hybridized carbons (Fsp3) is 0.243. The number of aromatic nitrogens is 1. The van der Waals surface area contributed by atoms with Crippen LogP contribution in [0.4, 0.5) is 10.1 Å². The number of aromatic hydroxyl groups is 1. The molecular formula is C37H36ClFN4O2. The Hall–Kier alpha value is -4.46. The van der Waals surface area contributed by atoms with Gasteiger partial charge in [-0.15, -0.1) is 0 Å². The Kier molecular flexibility index (Phi) is 9.29. The number of nitrogens with one attached hydrogen (secondary N) is 2. The first-order valence-electron chi connectivity index (χ1n) is 15.4. The van der Waals surface area contributed by atoms with Gasteiger partial charge in [-0.3, -0.25) is 9.69 Å². The van der Waals surface area contributed by atoms with E-state index in [1.54, 1.807) is 36.4 Å². The van der Waals surface area contributed by atoms with Crippen molar-refractivity contribution in [3.8, 4) is 5.88 Å². The molecular weight excluding hydrogens is 587 g/mol. The number of benzene rings is 4. The van der Waals surface area contributed by atoms with Gasteiger partial charge < -0.3 is 15.4 Å². The number of hydrogen-bond acceptors (Lipinski definition) is 4. The maximum absolute atomic E-state index is 14.0. The first-order valence-corrected chi connectivity index (χ1v) is 15.8. The molecule has 1 aliphatic heterocycles. The average Bonchev–Trinajstić information content (AvgIpc) is 3.38. The number of halogens is 2. The monoisotopic (exact) mass is 622 g/mol. The summed E-state index contributed by atoms with van der Waals surface area (Å²) < 4.78 is 14.0. The van der Waals surface area contributed by atoms with Gasteiger partial charge in [0.2, 0.25) is 0 Å². The number of H-pyrrole nitrogens is 1. The SMILES string of the molecule is CCC(NC(=O)c1ccc2[nH]c(O)c(C(=Nc3cccc(CN4CCCCC4)c3)c3ccc(F)cc3)c2c1)c1cccc(Cl)c1. The summed E-state index contributed by atoms with van der Waals surface area (Å²) in [4.78, 5) is 24.0. The van der Waals surface area contributed by atoms with Gasteiger partial charge in [-0.2, -0.15) is 0 Å². The second-order valence-corrected chi connectivity index (χ2v) is 12.0. The zero-order valence-corrected chi connectivity index (χ0v) is 25.9. The lowest BCUT2D eigenvalue weighted by Crippen LogP contribution is -2.28. The number of amides is 1. The zero-order chi connectivity index (χ0) is 31.3. The predicted molar refractivity (Wildman–Crippen MR) is 179 cm³/mol. The Morgan fingerprint density at radius 1 is 0.978 bits per heavy atom. The molecule has 1 amide bonds. The van der Waals surface area contributed by atoms with Crippen molar-refractivity contribution in [3.05, 3.63) is 130 Å². The number of likely N-dealkylation sites (tertiary alicyclic amines) is 1. The van der Waals surface area contributed by atoms with Crippen LogP contribution in [0.1, 0.15) is 71.3 Å². The van der Waals surface area contributed by atoms with Crippen LogP contribution in [-0.2, 0) is 6.54 Å². The quantitative estimate of drug-likeness (QED) is 0.144. The zero-order valence-electron chi connectivity index (χ0n) is 25.2. The van der Waals surface area contributed by atoms with Crippen LogP contribution in [0, 0.1) is 5.82 Å². The van der Waals surface area contributed by atoms with Gasteiger partial charge in [0.1, 0.15) is 5.82 Å². The van der Waals surface area contributed by atoms with E-state index in [4.69, 9.17) is 16.6 Å². The van der Waals surface area contributed by atoms with Crippen LogP contribution in [0.3, 0.4) is 0 Å². The highest BCUT2D eigenvalue weighted by molar-refractivity contribution is 6.30. The van der Waals surface area contributed by atoms with Crippen LogP contribution in [0.15, 0.2) is 96.0 Å². The summed E-state index contributed by atoms with van der Waals surface area (Å²) in [6.07, 6.45) is 4.39. The third-order valence-electron chi connectivity index (χ3n) is 8.37. The van der Waals surface area contributed by atoms with Gasteiger partial charge in [0.15, 0.2) is 5.88 Å². The number of carbonyl (C=O) groups is 1. The van der Waals surface area contributed by atoms with Crippen LogP contribution in [0.2, 0.25) is 5.02 Å². The molecule has 5 aromatic rings. The van der Waals surface area contributed by atoms with Crippen molar-refractivity contribution >= 4 is 39.8 Å². The summed E-state index contributed by atoms with van der Waals surface area (Å²) >= 11 is 6.21. The molecule has 6 nitrogen and oxygen atoms in total. The summed E-state index contributed by atoms with van der Waals surface area (Å²) in [7, 11) is 0. The van der Waals surface area contributed by atoms with E-state index in [1.807, 2.05) is 37.3 Å². The van der Waals surface area contributed by atoms with E-state index in [0.29, 0.717) is 44.7 Å². The summed E-state index contributed by atoms with van der Waals surface area (Å²) in [5.41, 5.74) is 5.43. The molecule has 1 aromatic heterocycles. The van der Waals surface area contributed by atoms with E-state index in [-0.39, 0.29) is 23.6 Å². The molecule has 0 spiro atoms. The smallest absolute Gasteiger partial charge is 0.251 e. The van der Waals surface area contributed by atoms with Gasteiger partial charge in [0.25, 0.3) is 5.91 Å². The topological polar surface area (TPSA) is 80.7 Å². The predicted octanol–water partition coefficient (Wildman–Crippen LogP) is 8.70. The Morgan fingerprint density at radius 2 is 1.73 bits per heavy atom. The lowest BCUT2D eigenvalue weighted by Gasteiger charge is -2.26. The van der Waals surface area contributed by atoms with Crippen LogP contribution < -0.4 is 5.32 Å². The molecule has 1 saturated heterocycles. The molecule has 8 heteroatoms. The second-order valence-electron chi connectivity index (χ2n) is 11.6. The second kappa shape index (κ2) is 13.7. The average molecular weight is 623 g/mol. The van der Waals surface area contributed by atoms with E-state index < -0.39 is 0 Å². The Bertz CT molecular complexity index is 1840. The normalized spacial score (nSPS) is 14.9. The van der Waals surface area contributed by atoms with Crippen molar-refractivity contribution in [3.63, 3.8) is 0 Å². The van der Waals surface area contributed by atoms with Crippen molar-refractivity contribution in [2.45, 2.75) is 45.2 Å². The maximum atomic E-state index is 14.0. The van der Waals surface area contributed by atoms with E-state index in [2.05, 4.69) is 27.3 Å². The molecule has 1 aliphatic rings. The first-order chi connectivity index (χ1) is 21.9. The third kappa shape index (κ3) is 7.11. The number of carbonyl (C=O) groups excluding carboxylic acids is 1. The van der Waals surface area contributed by atoms with Crippen molar-refractivity contribution in [2.75, 3.05) is 13.1 Å². The maximum Gasteiger partial charge on any atom is 0.251 e. The van der Waals surface area contributed by atoms with Crippen LogP contribution >= 0.6 is 11.6 Å². The molecule has 4 aromatic carbocycles. The Balaban J connectivity index is 1.38. The molecule has 2 heterocycles.